The van der Waals surface area contributed by atoms with Crippen molar-refractivity contribution in [2.45, 2.75) is 32.5 Å². The first-order chi connectivity index (χ1) is 9.52. The maximum absolute atomic E-state index is 11.4. The lowest BCUT2D eigenvalue weighted by molar-refractivity contribution is -0.149. The van der Waals surface area contributed by atoms with Crippen molar-refractivity contribution in [1.29, 1.82) is 0 Å². The van der Waals surface area contributed by atoms with Crippen molar-refractivity contribution in [2.24, 2.45) is 0 Å². The van der Waals surface area contributed by atoms with Crippen LogP contribution in [0.5, 0.6) is 5.75 Å². The SMILES string of the molecule is COCC(OCCC(=O)OC(C)C)c1ccc(O)cc1. The average Bonchev–Trinajstić information content (AvgIpc) is 2.38. The number of carbonyl (C=O) groups is 1. The van der Waals surface area contributed by atoms with Gasteiger partial charge in [0, 0.05) is 7.11 Å². The van der Waals surface area contributed by atoms with Gasteiger partial charge in [-0.3, -0.25) is 4.79 Å². The number of aromatic hydroxyl groups is 1. The smallest absolute Gasteiger partial charge is 0.308 e. The van der Waals surface area contributed by atoms with Crippen LogP contribution in [0.25, 0.3) is 0 Å². The van der Waals surface area contributed by atoms with Gasteiger partial charge in [0.1, 0.15) is 11.9 Å². The molecule has 1 aromatic carbocycles. The number of methoxy groups -OCH3 is 1. The third-order valence-electron chi connectivity index (χ3n) is 2.58. The Morgan fingerprint density at radius 3 is 2.45 bits per heavy atom. The third-order valence-corrected chi connectivity index (χ3v) is 2.58. The van der Waals surface area contributed by atoms with Gasteiger partial charge in [-0.2, -0.15) is 0 Å². The first-order valence-corrected chi connectivity index (χ1v) is 6.62. The zero-order chi connectivity index (χ0) is 15.0. The van der Waals surface area contributed by atoms with Crippen LogP contribution in [0.2, 0.25) is 0 Å². The lowest BCUT2D eigenvalue weighted by atomic mass is 10.1. The van der Waals surface area contributed by atoms with E-state index in [4.69, 9.17) is 14.2 Å². The van der Waals surface area contributed by atoms with Gasteiger partial charge in [-0.25, -0.2) is 0 Å². The number of ether oxygens (including phenoxy) is 3. The number of phenolic OH excluding ortho intramolecular Hbond substituents is 1. The number of benzene rings is 1. The molecule has 0 aliphatic carbocycles. The highest BCUT2D eigenvalue weighted by Crippen LogP contribution is 2.20. The van der Waals surface area contributed by atoms with Gasteiger partial charge in [-0.05, 0) is 31.5 Å². The van der Waals surface area contributed by atoms with Gasteiger partial charge in [0.15, 0.2) is 0 Å². The molecule has 112 valence electrons. The molecule has 0 fully saturated rings. The molecule has 1 rings (SSSR count). The molecule has 0 aliphatic rings. The summed E-state index contributed by atoms with van der Waals surface area (Å²) in [5.74, 6) is -0.0766. The zero-order valence-electron chi connectivity index (χ0n) is 12.2. The van der Waals surface area contributed by atoms with Gasteiger partial charge >= 0.3 is 5.97 Å². The van der Waals surface area contributed by atoms with Crippen molar-refractivity contribution < 1.29 is 24.1 Å². The molecular weight excluding hydrogens is 260 g/mol. The predicted octanol–water partition coefficient (Wildman–Crippen LogP) is 2.44. The molecule has 0 radical (unpaired) electrons. The van der Waals surface area contributed by atoms with E-state index < -0.39 is 0 Å². The molecule has 0 saturated heterocycles. The van der Waals surface area contributed by atoms with Crippen LogP contribution in [0.4, 0.5) is 0 Å². The second kappa shape index (κ2) is 8.55. The van der Waals surface area contributed by atoms with E-state index in [2.05, 4.69) is 0 Å². The second-order valence-corrected chi connectivity index (χ2v) is 4.69. The second-order valence-electron chi connectivity index (χ2n) is 4.69. The Morgan fingerprint density at radius 1 is 1.25 bits per heavy atom. The standard InChI is InChI=1S/C15H22O5/c1-11(2)20-15(17)8-9-19-14(10-18-3)12-4-6-13(16)7-5-12/h4-7,11,14,16H,8-10H2,1-3H3. The van der Waals surface area contributed by atoms with Gasteiger partial charge in [-0.15, -0.1) is 0 Å². The fraction of sp³-hybridized carbons (Fsp3) is 0.533. The molecule has 20 heavy (non-hydrogen) atoms. The van der Waals surface area contributed by atoms with Crippen LogP contribution < -0.4 is 0 Å². The van der Waals surface area contributed by atoms with Crippen LogP contribution in [-0.2, 0) is 19.0 Å². The van der Waals surface area contributed by atoms with Gasteiger partial charge < -0.3 is 19.3 Å². The van der Waals surface area contributed by atoms with E-state index in [1.807, 2.05) is 13.8 Å². The summed E-state index contributed by atoms with van der Waals surface area (Å²) in [5, 5.41) is 9.27. The van der Waals surface area contributed by atoms with Crippen molar-refractivity contribution in [3.63, 3.8) is 0 Å². The highest BCUT2D eigenvalue weighted by Gasteiger charge is 2.13. The van der Waals surface area contributed by atoms with E-state index in [1.54, 1.807) is 31.4 Å². The Bertz CT molecular complexity index is 399. The third kappa shape index (κ3) is 6.04. The molecule has 0 heterocycles. The van der Waals surface area contributed by atoms with E-state index in [0.29, 0.717) is 6.61 Å². The summed E-state index contributed by atoms with van der Waals surface area (Å²) in [4.78, 5) is 11.4. The number of esters is 1. The highest BCUT2D eigenvalue weighted by atomic mass is 16.5. The first-order valence-electron chi connectivity index (χ1n) is 6.62. The minimum atomic E-state index is -0.276. The van der Waals surface area contributed by atoms with Crippen LogP contribution in [0.3, 0.4) is 0 Å². The molecule has 0 aliphatic heterocycles. The Morgan fingerprint density at radius 2 is 1.90 bits per heavy atom. The average molecular weight is 282 g/mol. The molecule has 0 bridgehead atoms. The summed E-state index contributed by atoms with van der Waals surface area (Å²) >= 11 is 0. The molecule has 1 atom stereocenters. The topological polar surface area (TPSA) is 65.0 Å². The van der Waals surface area contributed by atoms with E-state index in [9.17, 15) is 9.90 Å². The fourth-order valence-corrected chi connectivity index (χ4v) is 1.69. The van der Waals surface area contributed by atoms with Crippen LogP contribution in [0.1, 0.15) is 31.9 Å². The van der Waals surface area contributed by atoms with Crippen molar-refractivity contribution in [3.8, 4) is 5.75 Å². The minimum Gasteiger partial charge on any atom is -0.508 e. The maximum Gasteiger partial charge on any atom is 0.308 e. The largest absolute Gasteiger partial charge is 0.508 e. The van der Waals surface area contributed by atoms with Crippen LogP contribution in [0, 0.1) is 0 Å². The number of hydrogen-bond acceptors (Lipinski definition) is 5. The molecule has 1 unspecified atom stereocenters. The molecule has 1 aromatic rings. The van der Waals surface area contributed by atoms with Crippen molar-refractivity contribution in [1.82, 2.24) is 0 Å². The molecule has 0 spiro atoms. The Hall–Kier alpha value is -1.59. The first kappa shape index (κ1) is 16.5. The van der Waals surface area contributed by atoms with Crippen molar-refractivity contribution >= 4 is 5.97 Å². The summed E-state index contributed by atoms with van der Waals surface area (Å²) < 4.78 is 15.8. The summed E-state index contributed by atoms with van der Waals surface area (Å²) in [6.07, 6.45) is -0.182. The van der Waals surface area contributed by atoms with Gasteiger partial charge in [0.25, 0.3) is 0 Å². The zero-order valence-corrected chi connectivity index (χ0v) is 12.2. The number of rotatable bonds is 8. The summed E-state index contributed by atoms with van der Waals surface area (Å²) in [6.45, 7) is 4.26. The molecule has 1 N–H and O–H groups in total. The van der Waals surface area contributed by atoms with E-state index >= 15 is 0 Å². The Kier molecular flexibility index (Phi) is 7.04. The predicted molar refractivity (Wildman–Crippen MR) is 74.5 cm³/mol. The normalized spacial score (nSPS) is 12.4. The summed E-state index contributed by atoms with van der Waals surface area (Å²) in [5.41, 5.74) is 0.891. The van der Waals surface area contributed by atoms with Crippen molar-refractivity contribution in [3.05, 3.63) is 29.8 Å². The van der Waals surface area contributed by atoms with Crippen LogP contribution in [0.15, 0.2) is 24.3 Å². The monoisotopic (exact) mass is 282 g/mol. The number of phenols is 1. The van der Waals surface area contributed by atoms with Crippen molar-refractivity contribution in [2.75, 3.05) is 20.3 Å². The molecule has 0 amide bonds. The van der Waals surface area contributed by atoms with Gasteiger partial charge in [-0.1, -0.05) is 12.1 Å². The van der Waals surface area contributed by atoms with Gasteiger partial charge in [0.2, 0.25) is 0 Å². The lowest BCUT2D eigenvalue weighted by Gasteiger charge is -2.17. The number of hydrogen-bond donors (Lipinski definition) is 1. The van der Waals surface area contributed by atoms with Crippen LogP contribution >= 0.6 is 0 Å². The molecule has 5 nitrogen and oxygen atoms in total. The Balaban J connectivity index is 2.47. The van der Waals surface area contributed by atoms with E-state index in [0.717, 1.165) is 5.56 Å². The Labute approximate surface area is 119 Å². The molecule has 0 aromatic heterocycles. The number of carbonyl (C=O) groups excluding carboxylic acids is 1. The van der Waals surface area contributed by atoms with Gasteiger partial charge in [0.05, 0.1) is 25.7 Å². The quantitative estimate of drug-likeness (QED) is 0.742. The van der Waals surface area contributed by atoms with E-state index in [1.165, 1.54) is 0 Å². The molecule has 5 heteroatoms. The summed E-state index contributed by atoms with van der Waals surface area (Å²) in [7, 11) is 1.59. The summed E-state index contributed by atoms with van der Waals surface area (Å²) in [6, 6.07) is 6.72. The lowest BCUT2D eigenvalue weighted by Crippen LogP contribution is -2.16. The highest BCUT2D eigenvalue weighted by molar-refractivity contribution is 5.69. The maximum atomic E-state index is 11.4. The van der Waals surface area contributed by atoms with E-state index in [-0.39, 0.29) is 37.0 Å². The molecule has 0 saturated carbocycles. The van der Waals surface area contributed by atoms with Crippen LogP contribution in [-0.4, -0.2) is 37.5 Å². The minimum absolute atomic E-state index is 0.116. The molecular formula is C15H22O5. The fourth-order valence-electron chi connectivity index (χ4n) is 1.69.